The fraction of sp³-hybridized carbons (Fsp3) is 0.348. The molecular weight excluding hydrogens is 406 g/mol. The van der Waals surface area contributed by atoms with Crippen LogP contribution in [0.25, 0.3) is 11.5 Å². The van der Waals surface area contributed by atoms with Crippen molar-refractivity contribution < 1.29 is 9.53 Å². The highest BCUT2D eigenvalue weighted by atomic mass is 16.5. The Kier molecular flexibility index (Phi) is 5.08. The van der Waals surface area contributed by atoms with Gasteiger partial charge in [0.15, 0.2) is 17.3 Å². The lowest BCUT2D eigenvalue weighted by molar-refractivity contribution is -0.116. The van der Waals surface area contributed by atoms with Crippen LogP contribution in [0.1, 0.15) is 54.7 Å². The third-order valence-electron chi connectivity index (χ3n) is 5.77. The van der Waals surface area contributed by atoms with Gasteiger partial charge < -0.3 is 10.1 Å². The molecule has 0 saturated heterocycles. The molecule has 9 nitrogen and oxygen atoms in total. The zero-order chi connectivity index (χ0) is 22.2. The number of rotatable bonds is 6. The first-order valence-electron chi connectivity index (χ1n) is 10.9. The number of ether oxygens (including phenoxy) is 1. The summed E-state index contributed by atoms with van der Waals surface area (Å²) < 4.78 is 9.43. The van der Waals surface area contributed by atoms with Crippen LogP contribution in [0, 0.1) is 13.8 Å². The smallest absolute Gasteiger partial charge is 0.226 e. The van der Waals surface area contributed by atoms with Crippen molar-refractivity contribution in [3.05, 3.63) is 59.0 Å². The van der Waals surface area contributed by atoms with Crippen molar-refractivity contribution in [2.24, 2.45) is 0 Å². The summed E-state index contributed by atoms with van der Waals surface area (Å²) in [4.78, 5) is 12.8. The highest BCUT2D eigenvalue weighted by Crippen LogP contribution is 2.43. The van der Waals surface area contributed by atoms with Gasteiger partial charge in [0.2, 0.25) is 5.91 Å². The van der Waals surface area contributed by atoms with Gasteiger partial charge in [-0.25, -0.2) is 0 Å². The quantitative estimate of drug-likeness (QED) is 0.469. The van der Waals surface area contributed by atoms with Crippen LogP contribution in [-0.4, -0.2) is 42.1 Å². The number of aryl methyl sites for hydroxylation is 2. The number of carbonyl (C=O) groups excluding carboxylic acids is 1. The van der Waals surface area contributed by atoms with Crippen molar-refractivity contribution in [2.45, 2.75) is 46.0 Å². The first kappa shape index (κ1) is 20.2. The number of unbranched alkanes of at least 4 members (excludes halogenated alkanes) is 1. The molecule has 1 unspecified atom stereocenters. The zero-order valence-corrected chi connectivity index (χ0v) is 18.4. The fourth-order valence-corrected chi connectivity index (χ4v) is 4.20. The van der Waals surface area contributed by atoms with E-state index in [1.54, 1.807) is 9.20 Å². The Hall–Kier alpha value is -3.75. The molecule has 5 rings (SSSR count). The number of carbonyl (C=O) groups is 1. The van der Waals surface area contributed by atoms with Crippen molar-refractivity contribution in [3.8, 4) is 11.6 Å². The Morgan fingerprint density at radius 2 is 1.97 bits per heavy atom. The Bertz CT molecular complexity index is 1310. The van der Waals surface area contributed by atoms with Gasteiger partial charge in [-0.05, 0) is 38.5 Å². The molecule has 1 atom stereocenters. The van der Waals surface area contributed by atoms with Crippen molar-refractivity contribution >= 4 is 17.4 Å². The highest BCUT2D eigenvalue weighted by Gasteiger charge is 2.34. The van der Waals surface area contributed by atoms with E-state index in [0.717, 1.165) is 35.4 Å². The molecule has 0 bridgehead atoms. The summed E-state index contributed by atoms with van der Waals surface area (Å²) in [6, 6.07) is 11.6. The molecular formula is C23H25N7O2. The second-order valence-corrected chi connectivity index (χ2v) is 8.01. The summed E-state index contributed by atoms with van der Waals surface area (Å²) in [5.74, 6) is 2.51. The van der Waals surface area contributed by atoms with Crippen LogP contribution in [0.2, 0.25) is 0 Å². The number of nitrogens with one attached hydrogen (secondary N) is 1. The van der Waals surface area contributed by atoms with Gasteiger partial charge >= 0.3 is 0 Å². The minimum Gasteiger partial charge on any atom is -0.493 e. The first-order chi connectivity index (χ1) is 15.6. The molecule has 9 heteroatoms. The van der Waals surface area contributed by atoms with Gasteiger partial charge in [0.1, 0.15) is 11.6 Å². The first-order valence-corrected chi connectivity index (χ1v) is 10.9. The van der Waals surface area contributed by atoms with E-state index in [0.29, 0.717) is 36.1 Å². The van der Waals surface area contributed by atoms with Crippen LogP contribution in [0.5, 0.6) is 5.75 Å². The number of hydrogen-bond acceptors (Lipinski definition) is 6. The lowest BCUT2D eigenvalue weighted by Crippen LogP contribution is -2.25. The maximum Gasteiger partial charge on any atom is 0.226 e. The number of para-hydroxylation sites is 1. The summed E-state index contributed by atoms with van der Waals surface area (Å²) in [5, 5.41) is 20.5. The third kappa shape index (κ3) is 3.39. The molecule has 4 aromatic rings. The molecule has 0 saturated carbocycles. The number of aromatic nitrogens is 6. The average molecular weight is 432 g/mol. The maximum atomic E-state index is 12.8. The summed E-state index contributed by atoms with van der Waals surface area (Å²) >= 11 is 0. The van der Waals surface area contributed by atoms with Crippen LogP contribution in [0.15, 0.2) is 36.4 Å². The van der Waals surface area contributed by atoms with E-state index >= 15 is 0 Å². The number of benzene rings is 1. The summed E-state index contributed by atoms with van der Waals surface area (Å²) in [7, 11) is 0. The van der Waals surface area contributed by atoms with Crippen LogP contribution >= 0.6 is 0 Å². The molecule has 1 N–H and O–H groups in total. The fourth-order valence-electron chi connectivity index (χ4n) is 4.20. The molecule has 1 aliphatic heterocycles. The van der Waals surface area contributed by atoms with Gasteiger partial charge in [-0.3, -0.25) is 4.79 Å². The van der Waals surface area contributed by atoms with Crippen molar-refractivity contribution in [1.29, 1.82) is 0 Å². The van der Waals surface area contributed by atoms with Gasteiger partial charge in [-0.1, -0.05) is 31.5 Å². The average Bonchev–Trinajstić information content (AvgIpc) is 3.33. The normalized spacial score (nSPS) is 15.6. The Labute approximate surface area is 185 Å². The molecule has 0 spiro atoms. The van der Waals surface area contributed by atoms with Gasteiger partial charge in [-0.2, -0.15) is 14.3 Å². The minimum atomic E-state index is -0.147. The summed E-state index contributed by atoms with van der Waals surface area (Å²) in [6.07, 6.45) is 2.39. The second kappa shape index (κ2) is 8.07. The molecule has 32 heavy (non-hydrogen) atoms. The summed E-state index contributed by atoms with van der Waals surface area (Å²) in [5.41, 5.74) is 3.48. The van der Waals surface area contributed by atoms with E-state index in [1.807, 2.05) is 50.2 Å². The number of fused-ring (bicyclic) bond motifs is 2. The number of anilines is 1. The van der Waals surface area contributed by atoms with Crippen LogP contribution in [-0.2, 0) is 4.79 Å². The van der Waals surface area contributed by atoms with E-state index in [4.69, 9.17) is 9.84 Å². The number of amides is 1. The van der Waals surface area contributed by atoms with Crippen LogP contribution in [0.4, 0.5) is 5.82 Å². The molecule has 1 aliphatic rings. The maximum absolute atomic E-state index is 12.8. The topological polar surface area (TPSA) is 99.2 Å². The lowest BCUT2D eigenvalue weighted by atomic mass is 9.85. The monoisotopic (exact) mass is 431 g/mol. The van der Waals surface area contributed by atoms with Gasteiger partial charge in [0.25, 0.3) is 0 Å². The van der Waals surface area contributed by atoms with Crippen molar-refractivity contribution in [2.75, 3.05) is 11.9 Å². The van der Waals surface area contributed by atoms with E-state index < -0.39 is 0 Å². The molecule has 164 valence electrons. The van der Waals surface area contributed by atoms with Crippen LogP contribution in [0.3, 0.4) is 0 Å². The Morgan fingerprint density at radius 3 is 2.81 bits per heavy atom. The van der Waals surface area contributed by atoms with Crippen molar-refractivity contribution in [3.63, 3.8) is 0 Å². The standard InChI is InChI=1S/C23H25N7O2/c1-4-5-12-32-18-9-7-6-8-16(18)17-13-21(31)24-23-22(17)14(2)27-30(23)20-11-10-19-26-25-15(3)29(19)28-20/h6-11,17H,4-5,12-13H2,1-3H3,(H,24,31). The highest BCUT2D eigenvalue weighted by molar-refractivity contribution is 5.95. The van der Waals surface area contributed by atoms with Crippen molar-refractivity contribution in [1.82, 2.24) is 29.6 Å². The molecule has 4 heterocycles. The molecule has 1 amide bonds. The molecule has 3 aromatic heterocycles. The van der Waals surface area contributed by atoms with E-state index in [2.05, 4.69) is 27.5 Å². The van der Waals surface area contributed by atoms with Crippen LogP contribution < -0.4 is 10.1 Å². The number of nitrogens with zero attached hydrogens (tertiary/aromatic N) is 6. The molecule has 1 aromatic carbocycles. The predicted molar refractivity (Wildman–Crippen MR) is 119 cm³/mol. The Balaban J connectivity index is 1.61. The SMILES string of the molecule is CCCCOc1ccccc1C1CC(=O)Nc2c1c(C)nn2-c1ccc2nnc(C)n2n1. The lowest BCUT2D eigenvalue weighted by Gasteiger charge is -2.26. The number of hydrogen-bond donors (Lipinski definition) is 1. The van der Waals surface area contributed by atoms with E-state index in [9.17, 15) is 4.79 Å². The van der Waals surface area contributed by atoms with E-state index in [-0.39, 0.29) is 11.8 Å². The zero-order valence-electron chi connectivity index (χ0n) is 18.4. The van der Waals surface area contributed by atoms with Gasteiger partial charge in [0.05, 0.1) is 12.3 Å². The van der Waals surface area contributed by atoms with Gasteiger partial charge in [-0.15, -0.1) is 15.3 Å². The molecule has 0 fully saturated rings. The van der Waals surface area contributed by atoms with Gasteiger partial charge in [0, 0.05) is 23.5 Å². The third-order valence-corrected chi connectivity index (χ3v) is 5.77. The van der Waals surface area contributed by atoms with E-state index in [1.165, 1.54) is 0 Å². The largest absolute Gasteiger partial charge is 0.493 e. The molecule has 0 radical (unpaired) electrons. The predicted octanol–water partition coefficient (Wildman–Crippen LogP) is 3.58. The second-order valence-electron chi connectivity index (χ2n) is 8.01. The minimum absolute atomic E-state index is 0.0615. The molecule has 0 aliphatic carbocycles. The summed E-state index contributed by atoms with van der Waals surface area (Å²) in [6.45, 7) is 6.59. The Morgan fingerprint density at radius 1 is 1.12 bits per heavy atom.